The van der Waals surface area contributed by atoms with Gasteiger partial charge in [0.05, 0.1) is 20.3 Å². The first kappa shape index (κ1) is 35.3. The zero-order valence-electron chi connectivity index (χ0n) is 26.4. The van der Waals surface area contributed by atoms with Crippen LogP contribution in [0, 0.1) is 0 Å². The van der Waals surface area contributed by atoms with Gasteiger partial charge in [0.15, 0.2) is 0 Å². The highest BCUT2D eigenvalue weighted by Crippen LogP contribution is 2.45. The number of ether oxygens (including phenoxy) is 6. The van der Waals surface area contributed by atoms with Crippen LogP contribution in [0.5, 0.6) is 23.0 Å². The number of hydrogen-bond donors (Lipinski definition) is 8. The Morgan fingerprint density at radius 1 is 0.787 bits per heavy atom. The zero-order valence-corrected chi connectivity index (χ0v) is 26.4. The molecule has 14 heteroatoms. The quantitative estimate of drug-likeness (QED) is 0.152. The Hall–Kier alpha value is -3.02. The summed E-state index contributed by atoms with van der Waals surface area (Å²) in [6.07, 6.45) is -11.8. The normalized spacial score (nSPS) is 33.7. The van der Waals surface area contributed by atoms with Gasteiger partial charge in [0.25, 0.3) is 0 Å². The Morgan fingerprint density at radius 3 is 1.94 bits per heavy atom. The summed E-state index contributed by atoms with van der Waals surface area (Å²) in [7, 11) is 1.48. The van der Waals surface area contributed by atoms with E-state index in [1.807, 2.05) is 26.0 Å². The third-order valence-corrected chi connectivity index (χ3v) is 8.70. The molecule has 11 atom stereocenters. The fourth-order valence-corrected chi connectivity index (χ4v) is 5.91. The van der Waals surface area contributed by atoms with Crippen LogP contribution < -0.4 is 18.9 Å². The third kappa shape index (κ3) is 7.37. The van der Waals surface area contributed by atoms with E-state index in [0.717, 1.165) is 11.1 Å². The number of hydrogen-bond acceptors (Lipinski definition) is 14. The van der Waals surface area contributed by atoms with Gasteiger partial charge in [-0.25, -0.2) is 0 Å². The van der Waals surface area contributed by atoms with Crippen LogP contribution in [0.2, 0.25) is 0 Å². The minimum atomic E-state index is -1.63. The highest BCUT2D eigenvalue weighted by atomic mass is 16.7. The molecule has 260 valence electrons. The molecule has 8 N–H and O–H groups in total. The van der Waals surface area contributed by atoms with Gasteiger partial charge >= 0.3 is 0 Å². The largest absolute Gasteiger partial charge is 0.497 e. The van der Waals surface area contributed by atoms with Gasteiger partial charge in [0, 0.05) is 17.2 Å². The van der Waals surface area contributed by atoms with Gasteiger partial charge in [-0.3, -0.25) is 0 Å². The molecular weight excluding hydrogens is 620 g/mol. The maximum atomic E-state index is 10.6. The summed E-state index contributed by atoms with van der Waals surface area (Å²) in [5.74, 6) is 1.49. The summed E-state index contributed by atoms with van der Waals surface area (Å²) in [4.78, 5) is 0. The summed E-state index contributed by atoms with van der Waals surface area (Å²) in [5.41, 5.74) is 3.13. The van der Waals surface area contributed by atoms with Crippen molar-refractivity contribution >= 4 is 0 Å². The lowest BCUT2D eigenvalue weighted by molar-refractivity contribution is -0.277. The summed E-state index contributed by atoms with van der Waals surface area (Å²) in [6.45, 7) is 2.68. The second-order valence-electron chi connectivity index (χ2n) is 12.2. The predicted molar refractivity (Wildman–Crippen MR) is 163 cm³/mol. The van der Waals surface area contributed by atoms with Crippen LogP contribution >= 0.6 is 0 Å². The van der Waals surface area contributed by atoms with E-state index in [1.54, 1.807) is 24.3 Å². The van der Waals surface area contributed by atoms with Gasteiger partial charge in [-0.05, 0) is 56.9 Å². The van der Waals surface area contributed by atoms with Gasteiger partial charge in [-0.15, -0.1) is 0 Å². The molecule has 0 aromatic heterocycles. The molecule has 0 unspecified atom stereocenters. The third-order valence-electron chi connectivity index (χ3n) is 8.70. The topological polar surface area (TPSA) is 217 Å². The summed E-state index contributed by atoms with van der Waals surface area (Å²) in [5, 5.41) is 81.6. The molecule has 3 aliphatic rings. The zero-order chi connectivity index (χ0) is 34.0. The first-order valence-corrected chi connectivity index (χ1v) is 15.5. The van der Waals surface area contributed by atoms with Gasteiger partial charge in [0.1, 0.15) is 77.9 Å². The number of fused-ring (bicyclic) bond motifs is 1. The molecule has 0 bridgehead atoms. The van der Waals surface area contributed by atoms with E-state index in [4.69, 9.17) is 28.4 Å². The molecule has 3 heterocycles. The van der Waals surface area contributed by atoms with Crippen molar-refractivity contribution < 1.29 is 69.3 Å². The average Bonchev–Trinajstić information content (AvgIpc) is 3.07. The Bertz CT molecular complexity index is 1390. The van der Waals surface area contributed by atoms with E-state index in [1.165, 1.54) is 7.11 Å². The lowest BCUT2D eigenvalue weighted by atomic mass is 9.93. The van der Waals surface area contributed by atoms with Crippen molar-refractivity contribution in [1.29, 1.82) is 0 Å². The Kier molecular flexibility index (Phi) is 11.3. The van der Waals surface area contributed by atoms with Crippen LogP contribution in [0.3, 0.4) is 0 Å². The van der Waals surface area contributed by atoms with Crippen molar-refractivity contribution in [3.05, 3.63) is 58.7 Å². The second kappa shape index (κ2) is 15.0. The molecule has 0 amide bonds. The molecule has 47 heavy (non-hydrogen) atoms. The number of allylic oxidation sites excluding steroid dienone is 2. The SMILES string of the molecule is COc1ccc([C@@H]2CCc3ccc(O[C@@H]4O[C@H](CO)[C@@H](O)[C@H](O)[C@H]4O)c(CC=C(C)C)c3O2)c(O[C@@H]2O[C@H](CO)[C@@H](O)[C@H](O)[C@H]2O)c1. The van der Waals surface area contributed by atoms with Crippen molar-refractivity contribution in [3.8, 4) is 23.0 Å². The molecule has 2 saturated heterocycles. The van der Waals surface area contributed by atoms with Gasteiger partial charge in [0.2, 0.25) is 12.6 Å². The molecule has 3 aliphatic heterocycles. The van der Waals surface area contributed by atoms with Crippen LogP contribution in [0.4, 0.5) is 0 Å². The van der Waals surface area contributed by atoms with Crippen LogP contribution in [-0.4, -0.2) is 123 Å². The van der Waals surface area contributed by atoms with Crippen molar-refractivity contribution in [1.82, 2.24) is 0 Å². The van der Waals surface area contributed by atoms with E-state index < -0.39 is 80.7 Å². The Balaban J connectivity index is 1.47. The highest BCUT2D eigenvalue weighted by Gasteiger charge is 2.46. The molecule has 0 spiro atoms. The summed E-state index contributed by atoms with van der Waals surface area (Å²) >= 11 is 0. The van der Waals surface area contributed by atoms with Gasteiger partial charge < -0.3 is 69.3 Å². The number of aryl methyl sites for hydroxylation is 1. The average molecular weight is 665 g/mol. The molecular formula is C33H44O14. The van der Waals surface area contributed by atoms with E-state index in [2.05, 4.69) is 0 Å². The molecule has 0 saturated carbocycles. The second-order valence-corrected chi connectivity index (χ2v) is 12.2. The van der Waals surface area contributed by atoms with Crippen LogP contribution in [0.1, 0.15) is 43.1 Å². The van der Waals surface area contributed by atoms with Crippen molar-refractivity contribution in [2.24, 2.45) is 0 Å². The standard InChI is InChI=1S/C33H44O14/c1-15(2)4-8-19-21(44-32-29(40)27(38)25(36)23(13-34)46-32)11-6-16-5-10-20(43-31(16)19)18-9-7-17(42-3)12-22(18)45-33-30(41)28(39)26(37)24(14-35)47-33/h4,6-7,9,11-12,20,23-30,32-41H,5,8,10,13-14H2,1-3H3/t20-,23+,24+,25+,26+,27-,28-,29+,30+,32+,33+/m0/s1. The first-order chi connectivity index (χ1) is 22.5. The van der Waals surface area contributed by atoms with Crippen LogP contribution in [0.15, 0.2) is 42.0 Å². The minimum absolute atomic E-state index is 0.224. The van der Waals surface area contributed by atoms with Crippen LogP contribution in [0.25, 0.3) is 0 Å². The number of benzene rings is 2. The first-order valence-electron chi connectivity index (χ1n) is 15.5. The molecule has 0 aliphatic carbocycles. The fraction of sp³-hybridized carbons (Fsp3) is 0.576. The predicted octanol–water partition coefficient (Wildman–Crippen LogP) is -0.372. The number of methoxy groups -OCH3 is 1. The number of rotatable bonds is 10. The maximum Gasteiger partial charge on any atom is 0.229 e. The molecule has 2 aromatic rings. The molecule has 2 fully saturated rings. The summed E-state index contributed by atoms with van der Waals surface area (Å²) in [6, 6.07) is 8.60. The molecule has 2 aromatic carbocycles. The number of aliphatic hydroxyl groups excluding tert-OH is 8. The minimum Gasteiger partial charge on any atom is -0.497 e. The molecule has 0 radical (unpaired) electrons. The lowest BCUT2D eigenvalue weighted by Gasteiger charge is -2.40. The van der Waals surface area contributed by atoms with Crippen molar-refractivity contribution in [3.63, 3.8) is 0 Å². The van der Waals surface area contributed by atoms with Crippen molar-refractivity contribution in [2.45, 2.75) is 101 Å². The van der Waals surface area contributed by atoms with Gasteiger partial charge in [-0.2, -0.15) is 0 Å². The van der Waals surface area contributed by atoms with E-state index in [0.29, 0.717) is 47.6 Å². The Morgan fingerprint density at radius 2 is 1.38 bits per heavy atom. The summed E-state index contributed by atoms with van der Waals surface area (Å²) < 4.78 is 35.4. The van der Waals surface area contributed by atoms with Crippen LogP contribution in [-0.2, 0) is 22.3 Å². The fourth-order valence-electron chi connectivity index (χ4n) is 5.91. The smallest absolute Gasteiger partial charge is 0.229 e. The monoisotopic (exact) mass is 664 g/mol. The van der Waals surface area contributed by atoms with Gasteiger partial charge in [-0.1, -0.05) is 17.7 Å². The van der Waals surface area contributed by atoms with Crippen molar-refractivity contribution in [2.75, 3.05) is 20.3 Å². The van der Waals surface area contributed by atoms with E-state index in [9.17, 15) is 40.9 Å². The molecule has 5 rings (SSSR count). The maximum absolute atomic E-state index is 10.6. The number of aliphatic hydroxyl groups is 8. The van der Waals surface area contributed by atoms with E-state index >= 15 is 0 Å². The lowest BCUT2D eigenvalue weighted by Crippen LogP contribution is -2.60. The van der Waals surface area contributed by atoms with E-state index in [-0.39, 0.29) is 5.75 Å². The molecule has 14 nitrogen and oxygen atoms in total. The Labute approximate surface area is 271 Å². The highest BCUT2D eigenvalue weighted by molar-refractivity contribution is 5.53.